The van der Waals surface area contributed by atoms with Crippen LogP contribution in [0.25, 0.3) is 0 Å². The van der Waals surface area contributed by atoms with Gasteiger partial charge in [-0.1, -0.05) is 0 Å². The van der Waals surface area contributed by atoms with Gasteiger partial charge in [-0.2, -0.15) is 0 Å². The Balaban J connectivity index is 2.08. The van der Waals surface area contributed by atoms with Crippen LogP contribution >= 0.6 is 0 Å². The summed E-state index contributed by atoms with van der Waals surface area (Å²) in [5.41, 5.74) is 3.54. The monoisotopic (exact) mass is 291 g/mol. The second-order valence-electron chi connectivity index (χ2n) is 6.33. The number of aryl methyl sites for hydroxylation is 2. The van der Waals surface area contributed by atoms with Crippen LogP contribution in [0.1, 0.15) is 37.1 Å². The van der Waals surface area contributed by atoms with E-state index in [1.807, 2.05) is 6.92 Å². The fourth-order valence-corrected chi connectivity index (χ4v) is 3.08. The zero-order valence-corrected chi connectivity index (χ0v) is 14.1. The molecule has 0 bridgehead atoms. The lowest BCUT2D eigenvalue weighted by atomic mass is 10.1. The molecule has 2 rings (SSSR count). The van der Waals surface area contributed by atoms with E-state index in [2.05, 4.69) is 41.6 Å². The van der Waals surface area contributed by atoms with E-state index in [4.69, 9.17) is 4.74 Å². The van der Waals surface area contributed by atoms with Crippen molar-refractivity contribution in [2.75, 3.05) is 33.3 Å². The molecule has 0 atom stereocenters. The Kier molecular flexibility index (Phi) is 5.59. The van der Waals surface area contributed by atoms with E-state index in [9.17, 15) is 0 Å². The average Bonchev–Trinajstić information content (AvgIpc) is 2.67. The molecule has 118 valence electrons. The quantitative estimate of drug-likeness (QED) is 0.852. The van der Waals surface area contributed by atoms with Crippen LogP contribution < -0.4 is 4.74 Å². The minimum absolute atomic E-state index is 0.641. The maximum atomic E-state index is 5.49. The number of hydrogen-bond donors (Lipinski definition) is 0. The van der Waals surface area contributed by atoms with Crippen molar-refractivity contribution in [3.05, 3.63) is 22.9 Å². The largest absolute Gasteiger partial charge is 0.481 e. The number of hydrogen-bond acceptors (Lipinski definition) is 4. The van der Waals surface area contributed by atoms with Crippen LogP contribution in [0, 0.1) is 13.8 Å². The summed E-state index contributed by atoms with van der Waals surface area (Å²) in [5.74, 6) is 0.789. The van der Waals surface area contributed by atoms with Crippen LogP contribution in [0.2, 0.25) is 0 Å². The first-order chi connectivity index (χ1) is 10.0. The Morgan fingerprint density at radius 1 is 1.19 bits per heavy atom. The average molecular weight is 291 g/mol. The van der Waals surface area contributed by atoms with Gasteiger partial charge >= 0.3 is 0 Å². The van der Waals surface area contributed by atoms with Gasteiger partial charge in [-0.25, -0.2) is 4.98 Å². The molecule has 0 aromatic carbocycles. The zero-order chi connectivity index (χ0) is 15.4. The van der Waals surface area contributed by atoms with E-state index >= 15 is 0 Å². The predicted octanol–water partition coefficient (Wildman–Crippen LogP) is 2.62. The van der Waals surface area contributed by atoms with Crippen molar-refractivity contribution in [1.29, 1.82) is 0 Å². The van der Waals surface area contributed by atoms with E-state index in [0.717, 1.165) is 37.8 Å². The number of methoxy groups -OCH3 is 1. The number of aromatic nitrogens is 1. The molecule has 0 amide bonds. The van der Waals surface area contributed by atoms with Gasteiger partial charge in [0, 0.05) is 36.9 Å². The number of nitrogens with zero attached hydrogens (tertiary/aromatic N) is 3. The summed E-state index contributed by atoms with van der Waals surface area (Å²) < 4.78 is 5.49. The van der Waals surface area contributed by atoms with Crippen LogP contribution in [0.15, 0.2) is 6.07 Å². The van der Waals surface area contributed by atoms with Crippen LogP contribution in [0.4, 0.5) is 0 Å². The number of pyridine rings is 1. The molecule has 1 aliphatic rings. The number of rotatable bonds is 4. The Morgan fingerprint density at radius 2 is 1.95 bits per heavy atom. The lowest BCUT2D eigenvalue weighted by Crippen LogP contribution is -2.35. The molecule has 2 heterocycles. The summed E-state index contributed by atoms with van der Waals surface area (Å²) in [6.07, 6.45) is 1.23. The molecule has 21 heavy (non-hydrogen) atoms. The molecular formula is C17H29N3O. The van der Waals surface area contributed by atoms with E-state index in [1.54, 1.807) is 7.11 Å². The van der Waals surface area contributed by atoms with E-state index in [1.165, 1.54) is 24.1 Å². The molecule has 1 aromatic heterocycles. The molecule has 1 saturated heterocycles. The van der Waals surface area contributed by atoms with E-state index in [-0.39, 0.29) is 0 Å². The van der Waals surface area contributed by atoms with Crippen molar-refractivity contribution < 1.29 is 4.74 Å². The maximum Gasteiger partial charge on any atom is 0.218 e. The molecule has 0 aliphatic carbocycles. The summed E-state index contributed by atoms with van der Waals surface area (Å²) in [7, 11) is 1.72. The summed E-state index contributed by atoms with van der Waals surface area (Å²) in [5, 5.41) is 0. The van der Waals surface area contributed by atoms with Crippen molar-refractivity contribution in [2.45, 2.75) is 46.7 Å². The topological polar surface area (TPSA) is 28.6 Å². The first-order valence-electron chi connectivity index (χ1n) is 7.98. The van der Waals surface area contributed by atoms with E-state index < -0.39 is 0 Å². The first-order valence-corrected chi connectivity index (χ1v) is 7.98. The summed E-state index contributed by atoms with van der Waals surface area (Å²) in [4.78, 5) is 9.62. The molecule has 0 saturated carbocycles. The summed E-state index contributed by atoms with van der Waals surface area (Å²) in [6, 6.07) is 2.79. The minimum Gasteiger partial charge on any atom is -0.481 e. The van der Waals surface area contributed by atoms with Crippen LogP contribution in [0.3, 0.4) is 0 Å². The standard InChI is InChI=1S/C17H29N3O/c1-13(2)20-8-6-7-19(9-10-20)12-16-14(3)11-15(4)18-17(16)21-5/h11,13H,6-10,12H2,1-5H3. The van der Waals surface area contributed by atoms with Gasteiger partial charge in [-0.3, -0.25) is 9.80 Å². The molecule has 1 aliphatic heterocycles. The Hall–Kier alpha value is -1.13. The van der Waals surface area contributed by atoms with Gasteiger partial charge < -0.3 is 4.74 Å². The predicted molar refractivity (Wildman–Crippen MR) is 86.9 cm³/mol. The second-order valence-corrected chi connectivity index (χ2v) is 6.33. The number of ether oxygens (including phenoxy) is 1. The van der Waals surface area contributed by atoms with Crippen molar-refractivity contribution in [1.82, 2.24) is 14.8 Å². The van der Waals surface area contributed by atoms with Gasteiger partial charge in [-0.15, -0.1) is 0 Å². The SMILES string of the molecule is COc1nc(C)cc(C)c1CN1CCCN(C(C)C)CC1. The van der Waals surface area contributed by atoms with Crippen molar-refractivity contribution in [3.8, 4) is 5.88 Å². The molecule has 0 unspecified atom stereocenters. The molecule has 4 nitrogen and oxygen atoms in total. The second kappa shape index (κ2) is 7.23. The Morgan fingerprint density at radius 3 is 2.62 bits per heavy atom. The molecule has 1 aromatic rings. The lowest BCUT2D eigenvalue weighted by molar-refractivity contribution is 0.217. The van der Waals surface area contributed by atoms with E-state index in [0.29, 0.717) is 6.04 Å². The minimum atomic E-state index is 0.641. The fraction of sp³-hybridized carbons (Fsp3) is 0.706. The maximum absolute atomic E-state index is 5.49. The van der Waals surface area contributed by atoms with Gasteiger partial charge in [0.1, 0.15) is 0 Å². The normalized spacial score (nSPS) is 18.0. The lowest BCUT2D eigenvalue weighted by Gasteiger charge is -2.25. The Bertz CT molecular complexity index is 473. The van der Waals surface area contributed by atoms with Crippen molar-refractivity contribution >= 4 is 0 Å². The van der Waals surface area contributed by atoms with Crippen LogP contribution in [-0.4, -0.2) is 54.1 Å². The van der Waals surface area contributed by atoms with Gasteiger partial charge in [0.2, 0.25) is 5.88 Å². The van der Waals surface area contributed by atoms with Gasteiger partial charge in [0.15, 0.2) is 0 Å². The van der Waals surface area contributed by atoms with Crippen molar-refractivity contribution in [3.63, 3.8) is 0 Å². The first kappa shape index (κ1) is 16.2. The third kappa shape index (κ3) is 4.17. The fourth-order valence-electron chi connectivity index (χ4n) is 3.08. The Labute approximate surface area is 129 Å². The molecule has 0 N–H and O–H groups in total. The van der Waals surface area contributed by atoms with Crippen LogP contribution in [-0.2, 0) is 6.54 Å². The highest BCUT2D eigenvalue weighted by atomic mass is 16.5. The molecule has 4 heteroatoms. The molecular weight excluding hydrogens is 262 g/mol. The highest BCUT2D eigenvalue weighted by molar-refractivity contribution is 5.35. The zero-order valence-electron chi connectivity index (χ0n) is 14.1. The smallest absolute Gasteiger partial charge is 0.218 e. The molecule has 0 radical (unpaired) electrons. The highest BCUT2D eigenvalue weighted by Crippen LogP contribution is 2.23. The highest BCUT2D eigenvalue weighted by Gasteiger charge is 2.19. The van der Waals surface area contributed by atoms with Crippen LogP contribution in [0.5, 0.6) is 5.88 Å². The third-order valence-electron chi connectivity index (χ3n) is 4.37. The summed E-state index contributed by atoms with van der Waals surface area (Å²) >= 11 is 0. The van der Waals surface area contributed by atoms with Gasteiger partial charge in [0.05, 0.1) is 7.11 Å². The molecule has 1 fully saturated rings. The van der Waals surface area contributed by atoms with Crippen molar-refractivity contribution in [2.24, 2.45) is 0 Å². The molecule has 0 spiro atoms. The third-order valence-corrected chi connectivity index (χ3v) is 4.37. The van der Waals surface area contributed by atoms with Gasteiger partial charge in [0.25, 0.3) is 0 Å². The van der Waals surface area contributed by atoms with Gasteiger partial charge in [-0.05, 0) is 58.8 Å². The summed E-state index contributed by atoms with van der Waals surface area (Å²) in [6.45, 7) is 14.3.